The van der Waals surface area contributed by atoms with Crippen LogP contribution in [0.3, 0.4) is 0 Å². The average Bonchev–Trinajstić information content (AvgIpc) is 2.77. The molecule has 3 aromatic carbocycles. The van der Waals surface area contributed by atoms with Gasteiger partial charge < -0.3 is 5.11 Å². The second-order valence-corrected chi connectivity index (χ2v) is 7.56. The smallest absolute Gasteiger partial charge is 0.0601 e. The highest BCUT2D eigenvalue weighted by Crippen LogP contribution is 2.39. The van der Waals surface area contributed by atoms with E-state index in [9.17, 15) is 5.11 Å². The predicted molar refractivity (Wildman–Crippen MR) is 111 cm³/mol. The highest BCUT2D eigenvalue weighted by molar-refractivity contribution is 5.33. The molecule has 0 radical (unpaired) electrons. The molecule has 0 saturated carbocycles. The lowest BCUT2D eigenvalue weighted by Crippen LogP contribution is -2.46. The van der Waals surface area contributed by atoms with E-state index in [1.54, 1.807) is 0 Å². The minimum atomic E-state index is -0.115. The summed E-state index contributed by atoms with van der Waals surface area (Å²) in [5, 5.41) is 10.2. The monoisotopic (exact) mass is 357 g/mol. The van der Waals surface area contributed by atoms with Crippen molar-refractivity contribution in [2.75, 3.05) is 19.7 Å². The molecule has 4 rings (SSSR count). The Bertz CT molecular complexity index is 784. The summed E-state index contributed by atoms with van der Waals surface area (Å²) in [5.41, 5.74) is 3.82. The maximum Gasteiger partial charge on any atom is 0.0601 e. The maximum absolute atomic E-state index is 10.2. The van der Waals surface area contributed by atoms with Gasteiger partial charge in [0.1, 0.15) is 0 Å². The summed E-state index contributed by atoms with van der Waals surface area (Å²) in [7, 11) is 0. The van der Waals surface area contributed by atoms with E-state index in [0.717, 1.165) is 25.9 Å². The van der Waals surface area contributed by atoms with Crippen molar-refractivity contribution in [2.24, 2.45) is 0 Å². The fourth-order valence-corrected chi connectivity index (χ4v) is 4.42. The Hall–Kier alpha value is -2.42. The number of nitrogens with zero attached hydrogens (tertiary/aromatic N) is 1. The van der Waals surface area contributed by atoms with Gasteiger partial charge in [0.15, 0.2) is 0 Å². The topological polar surface area (TPSA) is 23.5 Å². The van der Waals surface area contributed by atoms with E-state index in [1.807, 2.05) is 6.07 Å². The molecular weight excluding hydrogens is 330 g/mol. The van der Waals surface area contributed by atoms with Gasteiger partial charge >= 0.3 is 0 Å². The summed E-state index contributed by atoms with van der Waals surface area (Å²) in [5.74, 6) is 0. The van der Waals surface area contributed by atoms with Crippen molar-refractivity contribution in [2.45, 2.75) is 24.3 Å². The first kappa shape index (κ1) is 18.0. The third-order valence-electron chi connectivity index (χ3n) is 6.04. The molecule has 1 N–H and O–H groups in total. The summed E-state index contributed by atoms with van der Waals surface area (Å²) in [6.45, 7) is 2.17. The lowest BCUT2D eigenvalue weighted by molar-refractivity contribution is 0.0854. The van der Waals surface area contributed by atoms with Gasteiger partial charge in [0.25, 0.3) is 0 Å². The van der Waals surface area contributed by atoms with Gasteiger partial charge in [0.2, 0.25) is 0 Å². The molecule has 0 spiro atoms. The first-order valence-electron chi connectivity index (χ1n) is 9.83. The molecule has 138 valence electrons. The summed E-state index contributed by atoms with van der Waals surface area (Å²) >= 11 is 0. The summed E-state index contributed by atoms with van der Waals surface area (Å²) in [6, 6.07) is 32.3. The van der Waals surface area contributed by atoms with Crippen LogP contribution in [0.15, 0.2) is 91.0 Å². The van der Waals surface area contributed by atoms with Crippen molar-refractivity contribution < 1.29 is 5.11 Å². The lowest BCUT2D eigenvalue weighted by Gasteiger charge is -2.44. The number of hydrogen-bond acceptors (Lipinski definition) is 2. The van der Waals surface area contributed by atoms with E-state index in [0.29, 0.717) is 0 Å². The van der Waals surface area contributed by atoms with Gasteiger partial charge in [-0.25, -0.2) is 0 Å². The Kier molecular flexibility index (Phi) is 5.38. The van der Waals surface area contributed by atoms with Gasteiger partial charge in [-0.2, -0.15) is 0 Å². The van der Waals surface area contributed by atoms with Crippen molar-refractivity contribution in [1.29, 1.82) is 0 Å². The maximum atomic E-state index is 10.2. The fraction of sp³-hybridized carbons (Fsp3) is 0.280. The van der Waals surface area contributed by atoms with E-state index < -0.39 is 0 Å². The summed E-state index contributed by atoms with van der Waals surface area (Å²) < 4.78 is 0. The Balaban J connectivity index is 1.61. The first-order chi connectivity index (χ1) is 13.3. The molecule has 3 aromatic rings. The molecule has 27 heavy (non-hydrogen) atoms. The van der Waals surface area contributed by atoms with Crippen LogP contribution in [0.25, 0.3) is 0 Å². The Morgan fingerprint density at radius 1 is 0.704 bits per heavy atom. The molecule has 1 aliphatic rings. The molecule has 0 amide bonds. The normalized spacial score (nSPS) is 17.1. The van der Waals surface area contributed by atoms with Crippen LogP contribution in [0.5, 0.6) is 0 Å². The highest BCUT2D eigenvalue weighted by atomic mass is 16.3. The van der Waals surface area contributed by atoms with E-state index in [4.69, 9.17) is 0 Å². The van der Waals surface area contributed by atoms with Gasteiger partial charge in [-0.15, -0.1) is 0 Å². The molecule has 2 nitrogen and oxygen atoms in total. The fourth-order valence-electron chi connectivity index (χ4n) is 4.42. The standard InChI is InChI=1S/C25H27NO/c27-20-25(23-14-8-3-9-15-23)16-18-26(19-17-25)24(21-10-4-1-5-11-21)22-12-6-2-7-13-22/h1-15,24,27H,16-20H2. The Labute approximate surface area is 162 Å². The molecule has 1 saturated heterocycles. The zero-order valence-electron chi connectivity index (χ0n) is 15.7. The van der Waals surface area contributed by atoms with E-state index in [-0.39, 0.29) is 18.1 Å². The van der Waals surface area contributed by atoms with Crippen LogP contribution in [-0.4, -0.2) is 29.7 Å². The van der Waals surface area contributed by atoms with Gasteiger partial charge in [-0.05, 0) is 29.5 Å². The number of piperidine rings is 1. The molecule has 1 fully saturated rings. The molecule has 0 bridgehead atoms. The summed E-state index contributed by atoms with van der Waals surface area (Å²) in [6.07, 6.45) is 1.95. The van der Waals surface area contributed by atoms with Gasteiger partial charge in [0.05, 0.1) is 12.6 Å². The zero-order chi connectivity index (χ0) is 18.5. The SMILES string of the molecule is OCC1(c2ccccc2)CCN(C(c2ccccc2)c2ccccc2)CC1. The van der Waals surface area contributed by atoms with Gasteiger partial charge in [0, 0.05) is 18.5 Å². The molecule has 2 heteroatoms. The lowest BCUT2D eigenvalue weighted by atomic mass is 9.73. The van der Waals surface area contributed by atoms with E-state index >= 15 is 0 Å². The van der Waals surface area contributed by atoms with Crippen molar-refractivity contribution >= 4 is 0 Å². The van der Waals surface area contributed by atoms with Gasteiger partial charge in [-0.3, -0.25) is 4.90 Å². The summed E-state index contributed by atoms with van der Waals surface area (Å²) in [4.78, 5) is 2.57. The van der Waals surface area contributed by atoms with Crippen LogP contribution in [0, 0.1) is 0 Å². The molecule has 0 aromatic heterocycles. The second kappa shape index (κ2) is 8.08. The Morgan fingerprint density at radius 2 is 1.15 bits per heavy atom. The van der Waals surface area contributed by atoms with Crippen LogP contribution in [0.1, 0.15) is 35.6 Å². The number of hydrogen-bond donors (Lipinski definition) is 1. The van der Waals surface area contributed by atoms with Crippen LogP contribution >= 0.6 is 0 Å². The average molecular weight is 357 g/mol. The predicted octanol–water partition coefficient (Wildman–Crippen LogP) is 4.80. The van der Waals surface area contributed by atoms with Crippen molar-refractivity contribution in [3.8, 4) is 0 Å². The number of rotatable bonds is 5. The molecule has 1 aliphatic heterocycles. The van der Waals surface area contributed by atoms with Crippen molar-refractivity contribution in [3.63, 3.8) is 0 Å². The molecule has 0 atom stereocenters. The Morgan fingerprint density at radius 3 is 1.59 bits per heavy atom. The second-order valence-electron chi connectivity index (χ2n) is 7.56. The number of aliphatic hydroxyl groups is 1. The largest absolute Gasteiger partial charge is 0.395 e. The van der Waals surface area contributed by atoms with Crippen LogP contribution in [0.2, 0.25) is 0 Å². The van der Waals surface area contributed by atoms with Gasteiger partial charge in [-0.1, -0.05) is 91.0 Å². The van der Waals surface area contributed by atoms with E-state index in [1.165, 1.54) is 16.7 Å². The van der Waals surface area contributed by atoms with Crippen molar-refractivity contribution in [1.82, 2.24) is 4.90 Å². The molecule has 0 aliphatic carbocycles. The third-order valence-corrected chi connectivity index (χ3v) is 6.04. The number of aliphatic hydroxyl groups excluding tert-OH is 1. The van der Waals surface area contributed by atoms with E-state index in [2.05, 4.69) is 89.8 Å². The van der Waals surface area contributed by atoms with Crippen LogP contribution in [-0.2, 0) is 5.41 Å². The zero-order valence-corrected chi connectivity index (χ0v) is 15.7. The molecule has 1 heterocycles. The quantitative estimate of drug-likeness (QED) is 0.709. The minimum absolute atomic E-state index is 0.115. The van der Waals surface area contributed by atoms with Crippen molar-refractivity contribution in [3.05, 3.63) is 108 Å². The molecular formula is C25H27NO. The number of benzene rings is 3. The first-order valence-corrected chi connectivity index (χ1v) is 9.83. The van der Waals surface area contributed by atoms with Crippen LogP contribution < -0.4 is 0 Å². The highest BCUT2D eigenvalue weighted by Gasteiger charge is 2.37. The van der Waals surface area contributed by atoms with Crippen LogP contribution in [0.4, 0.5) is 0 Å². The molecule has 0 unspecified atom stereocenters. The third kappa shape index (κ3) is 3.69. The number of likely N-dealkylation sites (tertiary alicyclic amines) is 1. The minimum Gasteiger partial charge on any atom is -0.395 e.